The van der Waals surface area contributed by atoms with Gasteiger partial charge in [-0.2, -0.15) is 0 Å². The molecule has 1 aliphatic rings. The van der Waals surface area contributed by atoms with E-state index in [-0.39, 0.29) is 17.3 Å². The number of rotatable bonds is 2. The number of carbonyl (C=O) groups is 1. The molecule has 0 N–H and O–H groups in total. The molecule has 6 heteroatoms. The number of amides is 1. The monoisotopic (exact) mass is 280 g/mol. The van der Waals surface area contributed by atoms with Gasteiger partial charge in [0.2, 0.25) is 0 Å². The van der Waals surface area contributed by atoms with Crippen LogP contribution in [0.3, 0.4) is 0 Å². The molecule has 1 aromatic carbocycles. The maximum absolute atomic E-state index is 13.8. The molecule has 1 heterocycles. The van der Waals surface area contributed by atoms with Gasteiger partial charge >= 0.3 is 0 Å². The van der Waals surface area contributed by atoms with E-state index in [1.807, 2.05) is 6.92 Å². The van der Waals surface area contributed by atoms with E-state index < -0.39 is 16.6 Å². The summed E-state index contributed by atoms with van der Waals surface area (Å²) in [6.45, 7) is 2.50. The van der Waals surface area contributed by atoms with Crippen molar-refractivity contribution < 1.29 is 14.1 Å². The average molecular weight is 280 g/mol. The van der Waals surface area contributed by atoms with Crippen LogP contribution in [0.1, 0.15) is 43.0 Å². The summed E-state index contributed by atoms with van der Waals surface area (Å²) >= 11 is 0. The molecule has 2 rings (SSSR count). The number of hydrogen-bond donors (Lipinski definition) is 0. The molecule has 1 unspecified atom stereocenters. The lowest BCUT2D eigenvalue weighted by atomic mass is 10.1. The molecule has 1 atom stereocenters. The van der Waals surface area contributed by atoms with Gasteiger partial charge in [-0.1, -0.05) is 12.8 Å². The maximum Gasteiger partial charge on any atom is 0.270 e. The van der Waals surface area contributed by atoms with E-state index in [1.54, 1.807) is 4.90 Å². The molecule has 1 saturated heterocycles. The van der Waals surface area contributed by atoms with E-state index in [9.17, 15) is 19.3 Å². The third-order valence-corrected chi connectivity index (χ3v) is 3.71. The van der Waals surface area contributed by atoms with Crippen LogP contribution < -0.4 is 0 Å². The minimum absolute atomic E-state index is 0.0312. The Morgan fingerprint density at radius 2 is 2.15 bits per heavy atom. The quantitative estimate of drug-likeness (QED) is 0.617. The highest BCUT2D eigenvalue weighted by Crippen LogP contribution is 2.22. The van der Waals surface area contributed by atoms with Gasteiger partial charge in [0.05, 0.1) is 10.5 Å². The van der Waals surface area contributed by atoms with Crippen molar-refractivity contribution in [3.05, 3.63) is 39.7 Å². The van der Waals surface area contributed by atoms with Crippen LogP contribution in [0.25, 0.3) is 0 Å². The molecule has 0 spiro atoms. The Bertz CT molecular complexity index is 533. The van der Waals surface area contributed by atoms with Crippen molar-refractivity contribution in [1.29, 1.82) is 0 Å². The molecule has 1 fully saturated rings. The smallest absolute Gasteiger partial charge is 0.270 e. The number of non-ortho nitro benzene ring substituents is 1. The maximum atomic E-state index is 13.8. The van der Waals surface area contributed by atoms with Gasteiger partial charge in [0.15, 0.2) is 0 Å². The van der Waals surface area contributed by atoms with Crippen LogP contribution in [0.4, 0.5) is 10.1 Å². The van der Waals surface area contributed by atoms with Crippen LogP contribution in [0.5, 0.6) is 0 Å². The van der Waals surface area contributed by atoms with E-state index in [4.69, 9.17) is 0 Å². The lowest BCUT2D eigenvalue weighted by Crippen LogP contribution is -2.38. The molecular weight excluding hydrogens is 263 g/mol. The summed E-state index contributed by atoms with van der Waals surface area (Å²) in [6.07, 6.45) is 3.85. The molecule has 0 bridgehead atoms. The number of likely N-dealkylation sites (tertiary alicyclic amines) is 1. The molecule has 5 nitrogen and oxygen atoms in total. The number of nitrogens with zero attached hydrogens (tertiary/aromatic N) is 2. The Morgan fingerprint density at radius 3 is 2.85 bits per heavy atom. The number of halogens is 1. The summed E-state index contributed by atoms with van der Waals surface area (Å²) in [6, 6.07) is 3.10. The summed E-state index contributed by atoms with van der Waals surface area (Å²) in [5.41, 5.74) is -0.481. The standard InChI is InChI=1S/C14H17FN2O3/c1-10-5-3-2-4-8-16(10)14(18)12-9-11(17(19)20)6-7-13(12)15/h6-7,9-10H,2-5,8H2,1H3. The van der Waals surface area contributed by atoms with Crippen molar-refractivity contribution >= 4 is 11.6 Å². The largest absolute Gasteiger partial charge is 0.336 e. The van der Waals surface area contributed by atoms with Gasteiger partial charge in [-0.25, -0.2) is 4.39 Å². The van der Waals surface area contributed by atoms with Gasteiger partial charge in [-0.15, -0.1) is 0 Å². The van der Waals surface area contributed by atoms with Crippen LogP contribution in [0.15, 0.2) is 18.2 Å². The first-order chi connectivity index (χ1) is 9.50. The van der Waals surface area contributed by atoms with Crippen molar-refractivity contribution in [2.45, 2.75) is 38.6 Å². The third-order valence-electron chi connectivity index (χ3n) is 3.71. The van der Waals surface area contributed by atoms with Gasteiger partial charge in [0, 0.05) is 24.7 Å². The Balaban J connectivity index is 2.31. The van der Waals surface area contributed by atoms with E-state index in [0.717, 1.165) is 43.9 Å². The van der Waals surface area contributed by atoms with Crippen molar-refractivity contribution in [3.8, 4) is 0 Å². The summed E-state index contributed by atoms with van der Waals surface area (Å²) in [4.78, 5) is 24.2. The fourth-order valence-electron chi connectivity index (χ4n) is 2.52. The van der Waals surface area contributed by atoms with Crippen molar-refractivity contribution in [2.24, 2.45) is 0 Å². The van der Waals surface area contributed by atoms with E-state index in [1.165, 1.54) is 0 Å². The normalized spacial score (nSPS) is 19.5. The first-order valence-corrected chi connectivity index (χ1v) is 6.75. The zero-order valence-corrected chi connectivity index (χ0v) is 11.3. The van der Waals surface area contributed by atoms with Gasteiger partial charge in [0.1, 0.15) is 5.82 Å². The summed E-state index contributed by atoms with van der Waals surface area (Å²) in [7, 11) is 0. The Morgan fingerprint density at radius 1 is 1.40 bits per heavy atom. The van der Waals surface area contributed by atoms with Crippen LogP contribution in [0.2, 0.25) is 0 Å². The minimum atomic E-state index is -0.711. The summed E-state index contributed by atoms with van der Waals surface area (Å²) in [5, 5.41) is 10.7. The minimum Gasteiger partial charge on any atom is -0.336 e. The molecule has 1 aliphatic heterocycles. The average Bonchev–Trinajstić information content (AvgIpc) is 2.63. The Hall–Kier alpha value is -1.98. The number of hydrogen-bond acceptors (Lipinski definition) is 3. The molecule has 0 saturated carbocycles. The zero-order valence-electron chi connectivity index (χ0n) is 11.3. The number of nitro groups is 1. The third kappa shape index (κ3) is 2.95. The van der Waals surface area contributed by atoms with Crippen LogP contribution >= 0.6 is 0 Å². The highest BCUT2D eigenvalue weighted by Gasteiger charge is 2.26. The summed E-state index contributed by atoms with van der Waals surface area (Å²) in [5.74, 6) is -1.17. The molecular formula is C14H17FN2O3. The molecule has 1 amide bonds. The van der Waals surface area contributed by atoms with Gasteiger partial charge in [-0.3, -0.25) is 14.9 Å². The fraction of sp³-hybridized carbons (Fsp3) is 0.500. The van der Waals surface area contributed by atoms with Crippen LogP contribution in [-0.2, 0) is 0 Å². The predicted octanol–water partition coefficient (Wildman–Crippen LogP) is 3.14. The Kier molecular flexibility index (Phi) is 4.32. The summed E-state index contributed by atoms with van der Waals surface area (Å²) < 4.78 is 13.8. The molecule has 0 aromatic heterocycles. The molecule has 0 aliphatic carbocycles. The van der Waals surface area contributed by atoms with E-state index in [2.05, 4.69) is 0 Å². The predicted molar refractivity (Wildman–Crippen MR) is 72.0 cm³/mol. The highest BCUT2D eigenvalue weighted by atomic mass is 19.1. The van der Waals surface area contributed by atoms with Crippen molar-refractivity contribution in [2.75, 3.05) is 6.54 Å². The zero-order chi connectivity index (χ0) is 14.7. The first-order valence-electron chi connectivity index (χ1n) is 6.75. The second kappa shape index (κ2) is 5.98. The number of nitro benzene ring substituents is 1. The topological polar surface area (TPSA) is 63.5 Å². The van der Waals surface area contributed by atoms with Crippen molar-refractivity contribution in [1.82, 2.24) is 4.90 Å². The van der Waals surface area contributed by atoms with E-state index in [0.29, 0.717) is 6.54 Å². The second-order valence-corrected chi connectivity index (χ2v) is 5.12. The Labute approximate surface area is 116 Å². The lowest BCUT2D eigenvalue weighted by Gasteiger charge is -2.27. The van der Waals surface area contributed by atoms with Gasteiger partial charge in [0.25, 0.3) is 11.6 Å². The molecule has 108 valence electrons. The SMILES string of the molecule is CC1CCCCCN1C(=O)c1cc([N+](=O)[O-])ccc1F. The number of benzene rings is 1. The van der Waals surface area contributed by atoms with Gasteiger partial charge in [-0.05, 0) is 25.8 Å². The highest BCUT2D eigenvalue weighted by molar-refractivity contribution is 5.95. The first kappa shape index (κ1) is 14.4. The van der Waals surface area contributed by atoms with Gasteiger partial charge < -0.3 is 4.90 Å². The van der Waals surface area contributed by atoms with E-state index >= 15 is 0 Å². The molecule has 1 aromatic rings. The molecule has 20 heavy (non-hydrogen) atoms. The van der Waals surface area contributed by atoms with Crippen LogP contribution in [-0.4, -0.2) is 28.3 Å². The second-order valence-electron chi connectivity index (χ2n) is 5.12. The number of carbonyl (C=O) groups excluding carboxylic acids is 1. The lowest BCUT2D eigenvalue weighted by molar-refractivity contribution is -0.384. The van der Waals surface area contributed by atoms with Crippen molar-refractivity contribution in [3.63, 3.8) is 0 Å². The van der Waals surface area contributed by atoms with Crippen LogP contribution in [0, 0.1) is 15.9 Å². The molecule has 0 radical (unpaired) electrons. The fourth-order valence-corrected chi connectivity index (χ4v) is 2.52.